The van der Waals surface area contributed by atoms with Crippen LogP contribution in [-0.2, 0) is 12.8 Å². The monoisotopic (exact) mass is 288 g/mol. The predicted molar refractivity (Wildman–Crippen MR) is 81.5 cm³/mol. The van der Waals surface area contributed by atoms with Crippen LogP contribution in [0.2, 0.25) is 0 Å². The molecule has 0 unspecified atom stereocenters. The molecule has 106 valence electrons. The van der Waals surface area contributed by atoms with Gasteiger partial charge in [-0.1, -0.05) is 19.8 Å². The topological polar surface area (TPSA) is 34.9 Å². The highest BCUT2D eigenvalue weighted by Crippen LogP contribution is 2.28. The highest BCUT2D eigenvalue weighted by atomic mass is 32.1. The van der Waals surface area contributed by atoms with E-state index in [1.165, 1.54) is 30.6 Å². The lowest BCUT2D eigenvalue weighted by Crippen LogP contribution is -2.07. The van der Waals surface area contributed by atoms with Crippen molar-refractivity contribution < 1.29 is 4.79 Å². The summed E-state index contributed by atoms with van der Waals surface area (Å²) in [6.07, 6.45) is 8.49. The molecule has 0 saturated heterocycles. The third kappa shape index (κ3) is 2.85. The Balaban J connectivity index is 1.66. The van der Waals surface area contributed by atoms with Crippen LogP contribution in [-0.4, -0.2) is 15.6 Å². The number of nitrogens with zero attached hydrogens (tertiary/aromatic N) is 2. The van der Waals surface area contributed by atoms with E-state index in [-0.39, 0.29) is 5.78 Å². The summed E-state index contributed by atoms with van der Waals surface area (Å²) in [6.45, 7) is 2.11. The average molecular weight is 288 g/mol. The summed E-state index contributed by atoms with van der Waals surface area (Å²) in [5, 5.41) is 4.59. The molecule has 0 aromatic carbocycles. The van der Waals surface area contributed by atoms with Gasteiger partial charge < -0.3 is 0 Å². The Morgan fingerprint density at radius 1 is 1.35 bits per heavy atom. The molecular formula is C16H20N2OS. The Bertz CT molecular complexity index is 593. The first-order valence-electron chi connectivity index (χ1n) is 7.42. The minimum absolute atomic E-state index is 0.186. The number of hydrogen-bond acceptors (Lipinski definition) is 3. The van der Waals surface area contributed by atoms with Crippen LogP contribution >= 0.6 is 11.3 Å². The molecule has 2 aromatic heterocycles. The van der Waals surface area contributed by atoms with Gasteiger partial charge in [0.15, 0.2) is 5.78 Å². The van der Waals surface area contributed by atoms with Crippen LogP contribution in [0.4, 0.5) is 0 Å². The van der Waals surface area contributed by atoms with Crippen molar-refractivity contribution >= 4 is 17.1 Å². The van der Waals surface area contributed by atoms with Crippen molar-refractivity contribution in [1.29, 1.82) is 0 Å². The number of aryl methyl sites for hydroxylation is 1. The molecule has 0 bridgehead atoms. The molecular weight excluding hydrogens is 268 g/mol. The fourth-order valence-corrected chi connectivity index (χ4v) is 3.70. The fourth-order valence-electron chi connectivity index (χ4n) is 2.81. The quantitative estimate of drug-likeness (QED) is 0.778. The minimum Gasteiger partial charge on any atom is -0.293 e. The molecule has 3 rings (SSSR count). The van der Waals surface area contributed by atoms with E-state index in [4.69, 9.17) is 0 Å². The van der Waals surface area contributed by atoms with Crippen LogP contribution in [0.25, 0.3) is 0 Å². The molecule has 1 fully saturated rings. The number of rotatable bonds is 5. The molecule has 0 N–H and O–H groups in total. The summed E-state index contributed by atoms with van der Waals surface area (Å²) in [5.41, 5.74) is 0.897. The van der Waals surface area contributed by atoms with Crippen molar-refractivity contribution in [2.24, 2.45) is 0 Å². The van der Waals surface area contributed by atoms with E-state index < -0.39 is 0 Å². The van der Waals surface area contributed by atoms with E-state index in [2.05, 4.69) is 22.8 Å². The normalized spacial score (nSPS) is 15.8. The second-order valence-corrected chi connectivity index (χ2v) is 6.61. The first-order valence-corrected chi connectivity index (χ1v) is 8.24. The molecule has 3 nitrogen and oxygen atoms in total. The van der Waals surface area contributed by atoms with Crippen LogP contribution in [0.5, 0.6) is 0 Å². The molecule has 4 heteroatoms. The lowest BCUT2D eigenvalue weighted by atomic mass is 10.2. The Morgan fingerprint density at radius 2 is 2.15 bits per heavy atom. The van der Waals surface area contributed by atoms with E-state index in [1.54, 1.807) is 11.3 Å². The van der Waals surface area contributed by atoms with Gasteiger partial charge in [0.25, 0.3) is 0 Å². The van der Waals surface area contributed by atoms with Crippen molar-refractivity contribution in [1.82, 2.24) is 9.78 Å². The van der Waals surface area contributed by atoms with Gasteiger partial charge in [-0.25, -0.2) is 0 Å². The lowest BCUT2D eigenvalue weighted by molar-refractivity contribution is 0.0995. The van der Waals surface area contributed by atoms with Gasteiger partial charge in [0.2, 0.25) is 0 Å². The summed E-state index contributed by atoms with van der Waals surface area (Å²) < 4.78 is 2.06. The van der Waals surface area contributed by atoms with Crippen LogP contribution in [0.15, 0.2) is 24.4 Å². The van der Waals surface area contributed by atoms with Gasteiger partial charge in [0, 0.05) is 11.1 Å². The van der Waals surface area contributed by atoms with Gasteiger partial charge in [-0.15, -0.1) is 11.3 Å². The number of carbonyl (C=O) groups is 1. The standard InChI is InChI=1S/C16H20N2OS/c1-2-14-7-8-16(20-14)15(19)11-12-9-10-18(17-12)13-5-3-4-6-13/h7-10,13H,2-6,11H2,1H3. The summed E-state index contributed by atoms with van der Waals surface area (Å²) in [6, 6.07) is 6.53. The van der Waals surface area contributed by atoms with Crippen molar-refractivity contribution in [3.8, 4) is 0 Å². The number of thiophene rings is 1. The molecule has 20 heavy (non-hydrogen) atoms. The predicted octanol–water partition coefficient (Wildman–Crippen LogP) is 4.05. The third-order valence-electron chi connectivity index (χ3n) is 3.99. The minimum atomic E-state index is 0.186. The van der Waals surface area contributed by atoms with Gasteiger partial charge in [0.05, 0.1) is 23.0 Å². The molecule has 0 atom stereocenters. The highest BCUT2D eigenvalue weighted by Gasteiger charge is 2.18. The van der Waals surface area contributed by atoms with Gasteiger partial charge in [-0.05, 0) is 37.5 Å². The molecule has 0 amide bonds. The molecule has 1 saturated carbocycles. The zero-order chi connectivity index (χ0) is 13.9. The average Bonchev–Trinajstić information content (AvgIpc) is 3.19. The number of Topliss-reactive ketones (excluding diaryl/α,β-unsaturated/α-hetero) is 1. The van der Waals surface area contributed by atoms with E-state index in [0.717, 1.165) is 17.0 Å². The first kappa shape index (κ1) is 13.6. The lowest BCUT2D eigenvalue weighted by Gasteiger charge is -2.08. The zero-order valence-corrected chi connectivity index (χ0v) is 12.7. The molecule has 2 aromatic rings. The molecule has 0 aliphatic heterocycles. The van der Waals surface area contributed by atoms with Crippen LogP contribution < -0.4 is 0 Å². The third-order valence-corrected chi connectivity index (χ3v) is 5.26. The molecule has 2 heterocycles. The van der Waals surface area contributed by atoms with Gasteiger partial charge in [-0.3, -0.25) is 9.48 Å². The van der Waals surface area contributed by atoms with Crippen molar-refractivity contribution in [3.05, 3.63) is 39.8 Å². The number of aromatic nitrogens is 2. The van der Waals surface area contributed by atoms with E-state index in [0.29, 0.717) is 12.5 Å². The van der Waals surface area contributed by atoms with Crippen LogP contribution in [0, 0.1) is 0 Å². The van der Waals surface area contributed by atoms with E-state index >= 15 is 0 Å². The van der Waals surface area contributed by atoms with Crippen molar-refractivity contribution in [2.75, 3.05) is 0 Å². The first-order chi connectivity index (χ1) is 9.76. The Hall–Kier alpha value is -1.42. The smallest absolute Gasteiger partial charge is 0.178 e. The van der Waals surface area contributed by atoms with Crippen LogP contribution in [0.3, 0.4) is 0 Å². The second-order valence-electron chi connectivity index (χ2n) is 5.44. The largest absolute Gasteiger partial charge is 0.293 e. The maximum Gasteiger partial charge on any atom is 0.178 e. The van der Waals surface area contributed by atoms with Gasteiger partial charge in [0.1, 0.15) is 0 Å². The second kappa shape index (κ2) is 5.92. The van der Waals surface area contributed by atoms with Gasteiger partial charge in [-0.2, -0.15) is 5.10 Å². The summed E-state index contributed by atoms with van der Waals surface area (Å²) in [4.78, 5) is 14.4. The summed E-state index contributed by atoms with van der Waals surface area (Å²) in [7, 11) is 0. The summed E-state index contributed by atoms with van der Waals surface area (Å²) in [5.74, 6) is 0.186. The maximum absolute atomic E-state index is 12.2. The van der Waals surface area contributed by atoms with E-state index in [9.17, 15) is 4.79 Å². The number of carbonyl (C=O) groups excluding carboxylic acids is 1. The molecule has 1 aliphatic carbocycles. The summed E-state index contributed by atoms with van der Waals surface area (Å²) >= 11 is 1.61. The fraction of sp³-hybridized carbons (Fsp3) is 0.500. The number of ketones is 1. The molecule has 0 spiro atoms. The van der Waals surface area contributed by atoms with Crippen molar-refractivity contribution in [3.63, 3.8) is 0 Å². The molecule has 0 radical (unpaired) electrons. The Kier molecular flexibility index (Phi) is 4.01. The Morgan fingerprint density at radius 3 is 2.85 bits per heavy atom. The van der Waals surface area contributed by atoms with E-state index in [1.807, 2.05) is 18.3 Å². The Labute approximate surface area is 123 Å². The zero-order valence-electron chi connectivity index (χ0n) is 11.8. The van der Waals surface area contributed by atoms with Gasteiger partial charge >= 0.3 is 0 Å². The number of hydrogen-bond donors (Lipinski definition) is 0. The SMILES string of the molecule is CCc1ccc(C(=O)Cc2ccn(C3CCCC3)n2)s1. The van der Waals surface area contributed by atoms with Crippen LogP contribution in [0.1, 0.15) is 58.9 Å². The maximum atomic E-state index is 12.2. The van der Waals surface area contributed by atoms with Crippen molar-refractivity contribution in [2.45, 2.75) is 51.5 Å². The highest BCUT2D eigenvalue weighted by molar-refractivity contribution is 7.14. The molecule has 1 aliphatic rings.